The summed E-state index contributed by atoms with van der Waals surface area (Å²) >= 11 is 1.51. The minimum absolute atomic E-state index is 0.00534. The van der Waals surface area contributed by atoms with Crippen LogP contribution >= 0.6 is 11.8 Å². The average Bonchev–Trinajstić information content (AvgIpc) is 2.92. The Hall–Kier alpha value is -1.85. The molecular formula is C17H24N2O5S. The molecule has 0 aromatic heterocycles. The maximum Gasteiger partial charge on any atom is 0.415 e. The van der Waals surface area contributed by atoms with Crippen molar-refractivity contribution in [2.75, 3.05) is 12.0 Å². The number of thioether (sulfide) groups is 1. The molecule has 25 heavy (non-hydrogen) atoms. The third-order valence-electron chi connectivity index (χ3n) is 3.62. The van der Waals surface area contributed by atoms with Gasteiger partial charge in [0.25, 0.3) is 0 Å². The molecule has 2 unspecified atom stereocenters. The number of fused-ring (bicyclic) bond motifs is 1. The molecule has 1 amide bonds. The predicted octanol–water partition coefficient (Wildman–Crippen LogP) is 3.30. The van der Waals surface area contributed by atoms with Gasteiger partial charge < -0.3 is 19.3 Å². The van der Waals surface area contributed by atoms with Gasteiger partial charge in [-0.1, -0.05) is 0 Å². The molecule has 2 atom stereocenters. The van der Waals surface area contributed by atoms with Crippen molar-refractivity contribution in [2.45, 2.75) is 58.2 Å². The molecule has 2 heterocycles. The lowest BCUT2D eigenvalue weighted by atomic mass is 10.0. The van der Waals surface area contributed by atoms with Crippen LogP contribution in [0.2, 0.25) is 0 Å². The molecule has 0 aliphatic carbocycles. The summed E-state index contributed by atoms with van der Waals surface area (Å²) < 4.78 is 17.3. The zero-order chi connectivity index (χ0) is 19.0. The third kappa shape index (κ3) is 3.88. The van der Waals surface area contributed by atoms with Gasteiger partial charge in [-0.2, -0.15) is 17.0 Å². The van der Waals surface area contributed by atoms with Gasteiger partial charge in [0.15, 0.2) is 5.76 Å². The third-order valence-corrected chi connectivity index (χ3v) is 4.19. The molecule has 1 N–H and O–H groups in total. The van der Waals surface area contributed by atoms with Gasteiger partial charge in [-0.15, -0.1) is 0 Å². The Balaban J connectivity index is 2.53. The van der Waals surface area contributed by atoms with Crippen molar-refractivity contribution in [2.24, 2.45) is 0 Å². The highest BCUT2D eigenvalue weighted by atomic mass is 32.2. The SMILES string of the molecule is CSCC1=C2OC(C)(C)OC2C(C(C#N)=CO)N1C(=O)OC(C)(C)C. The van der Waals surface area contributed by atoms with Gasteiger partial charge in [-0.25, -0.2) is 4.79 Å². The molecule has 0 bridgehead atoms. The second-order valence-electron chi connectivity index (χ2n) is 7.28. The van der Waals surface area contributed by atoms with Gasteiger partial charge in [0, 0.05) is 19.6 Å². The van der Waals surface area contributed by atoms with E-state index in [1.807, 2.05) is 12.3 Å². The standard InChI is InChI=1S/C17H24N2O5S/c1-16(2,3)24-15(21)19-11(9-25-6)13-14(23-17(4,5)22-13)12(19)10(7-18)8-20/h8,12,14,20H,9H2,1-6H3. The van der Waals surface area contributed by atoms with E-state index in [1.165, 1.54) is 16.7 Å². The number of carbonyl (C=O) groups excluding carboxylic acids is 1. The molecule has 0 aromatic rings. The number of nitrogens with zero attached hydrogens (tertiary/aromatic N) is 2. The molecule has 1 saturated heterocycles. The summed E-state index contributed by atoms with van der Waals surface area (Å²) in [6, 6.07) is 1.11. The van der Waals surface area contributed by atoms with E-state index in [1.54, 1.807) is 34.6 Å². The summed E-state index contributed by atoms with van der Waals surface area (Å²) in [6.45, 7) is 8.82. The first kappa shape index (κ1) is 19.5. The Bertz CT molecular complexity index is 657. The molecule has 2 rings (SSSR count). The quantitative estimate of drug-likeness (QED) is 0.603. The fourth-order valence-electron chi connectivity index (χ4n) is 2.84. The zero-order valence-electron chi connectivity index (χ0n) is 15.3. The lowest BCUT2D eigenvalue weighted by Gasteiger charge is -2.32. The van der Waals surface area contributed by atoms with Crippen molar-refractivity contribution in [1.29, 1.82) is 5.26 Å². The number of rotatable bonds is 3. The van der Waals surface area contributed by atoms with E-state index >= 15 is 0 Å². The number of nitriles is 1. The maximum absolute atomic E-state index is 12.8. The van der Waals surface area contributed by atoms with Crippen LogP contribution in [0.15, 0.2) is 23.3 Å². The molecule has 1 fully saturated rings. The number of ether oxygens (including phenoxy) is 3. The van der Waals surface area contributed by atoms with Crippen LogP contribution in [0.4, 0.5) is 4.79 Å². The van der Waals surface area contributed by atoms with Crippen LogP contribution < -0.4 is 0 Å². The van der Waals surface area contributed by atoms with E-state index in [9.17, 15) is 15.2 Å². The smallest absolute Gasteiger partial charge is 0.415 e. The molecule has 0 aromatic carbocycles. The van der Waals surface area contributed by atoms with E-state index in [-0.39, 0.29) is 5.57 Å². The molecule has 8 heteroatoms. The Morgan fingerprint density at radius 2 is 2.16 bits per heavy atom. The van der Waals surface area contributed by atoms with Crippen LogP contribution in [0.1, 0.15) is 34.6 Å². The van der Waals surface area contributed by atoms with Crippen LogP contribution in [0.25, 0.3) is 0 Å². The second kappa shape index (κ2) is 6.81. The number of hydrogen-bond acceptors (Lipinski definition) is 7. The first-order chi connectivity index (χ1) is 11.5. The van der Waals surface area contributed by atoms with Crippen molar-refractivity contribution >= 4 is 17.9 Å². The highest BCUT2D eigenvalue weighted by Gasteiger charge is 2.55. The first-order valence-electron chi connectivity index (χ1n) is 7.90. The van der Waals surface area contributed by atoms with E-state index < -0.39 is 29.6 Å². The van der Waals surface area contributed by atoms with Crippen LogP contribution in [0, 0.1) is 11.3 Å². The van der Waals surface area contributed by atoms with Crippen molar-refractivity contribution in [3.8, 4) is 6.07 Å². The molecular weight excluding hydrogens is 344 g/mol. The monoisotopic (exact) mass is 368 g/mol. The molecule has 138 valence electrons. The summed E-state index contributed by atoms with van der Waals surface area (Å²) in [6.07, 6.45) is 1.33. The fourth-order valence-corrected chi connectivity index (χ4v) is 3.40. The molecule has 0 spiro atoms. The Labute approximate surface area is 152 Å². The van der Waals surface area contributed by atoms with Crippen LogP contribution in [-0.4, -0.2) is 51.6 Å². The van der Waals surface area contributed by atoms with Gasteiger partial charge in [0.05, 0.1) is 17.5 Å². The van der Waals surface area contributed by atoms with Gasteiger partial charge in [-0.3, -0.25) is 4.90 Å². The average molecular weight is 368 g/mol. The minimum Gasteiger partial charge on any atom is -0.514 e. The molecule has 2 aliphatic rings. The van der Waals surface area contributed by atoms with E-state index in [0.717, 1.165) is 0 Å². The Kier molecular flexibility index (Phi) is 5.30. The van der Waals surface area contributed by atoms with Crippen LogP contribution in [0.5, 0.6) is 0 Å². The van der Waals surface area contributed by atoms with Crippen molar-refractivity contribution in [1.82, 2.24) is 4.90 Å². The molecule has 7 nitrogen and oxygen atoms in total. The van der Waals surface area contributed by atoms with Crippen molar-refractivity contribution in [3.05, 3.63) is 23.3 Å². The maximum atomic E-state index is 12.8. The number of amides is 1. The zero-order valence-corrected chi connectivity index (χ0v) is 16.1. The fraction of sp³-hybridized carbons (Fsp3) is 0.647. The minimum atomic E-state index is -0.877. The summed E-state index contributed by atoms with van der Waals surface area (Å²) in [5.74, 6) is 0.105. The van der Waals surface area contributed by atoms with E-state index in [4.69, 9.17) is 14.2 Å². The van der Waals surface area contributed by atoms with Gasteiger partial charge in [-0.05, 0) is 27.0 Å². The largest absolute Gasteiger partial charge is 0.514 e. The summed E-state index contributed by atoms with van der Waals surface area (Å²) in [5, 5.41) is 18.9. The van der Waals surface area contributed by atoms with Crippen molar-refractivity contribution < 1.29 is 24.1 Å². The van der Waals surface area contributed by atoms with E-state index in [2.05, 4.69) is 0 Å². The van der Waals surface area contributed by atoms with Gasteiger partial charge >= 0.3 is 6.09 Å². The second-order valence-corrected chi connectivity index (χ2v) is 8.14. The summed E-state index contributed by atoms with van der Waals surface area (Å²) in [5.41, 5.74) is -0.103. The topological polar surface area (TPSA) is 92.0 Å². The summed E-state index contributed by atoms with van der Waals surface area (Å²) in [4.78, 5) is 14.2. The highest BCUT2D eigenvalue weighted by Crippen LogP contribution is 2.45. The molecule has 0 radical (unpaired) electrons. The lowest BCUT2D eigenvalue weighted by Crippen LogP contribution is -2.46. The van der Waals surface area contributed by atoms with Gasteiger partial charge in [0.2, 0.25) is 5.79 Å². The van der Waals surface area contributed by atoms with Crippen molar-refractivity contribution in [3.63, 3.8) is 0 Å². The van der Waals surface area contributed by atoms with E-state index in [0.29, 0.717) is 23.5 Å². The summed E-state index contributed by atoms with van der Waals surface area (Å²) in [7, 11) is 0. The molecule has 0 saturated carbocycles. The first-order valence-corrected chi connectivity index (χ1v) is 9.29. The molecule has 2 aliphatic heterocycles. The highest BCUT2D eigenvalue weighted by molar-refractivity contribution is 7.98. The van der Waals surface area contributed by atoms with Crippen LogP contribution in [0.3, 0.4) is 0 Å². The lowest BCUT2D eigenvalue weighted by molar-refractivity contribution is -0.142. The number of aliphatic hydroxyl groups is 1. The predicted molar refractivity (Wildman–Crippen MR) is 93.6 cm³/mol. The van der Waals surface area contributed by atoms with Crippen LogP contribution in [-0.2, 0) is 14.2 Å². The number of carbonyl (C=O) groups is 1. The number of aliphatic hydroxyl groups excluding tert-OH is 1. The normalized spacial score (nSPS) is 25.5. The van der Waals surface area contributed by atoms with Gasteiger partial charge in [0.1, 0.15) is 23.8 Å². The Morgan fingerprint density at radius 1 is 1.52 bits per heavy atom. The Morgan fingerprint density at radius 3 is 2.64 bits per heavy atom. The number of hydrogen-bond donors (Lipinski definition) is 1.